The number of hydrogen-bond acceptors (Lipinski definition) is 7. The maximum atomic E-state index is 10.0. The molecular weight excluding hydrogens is 280 g/mol. The molecule has 7 N–H and O–H groups in total. The van der Waals surface area contributed by atoms with Crippen molar-refractivity contribution in [1.29, 1.82) is 0 Å². The van der Waals surface area contributed by atoms with Crippen molar-refractivity contribution in [3.8, 4) is 0 Å². The normalized spacial score (nSPS) is 19.1. The third-order valence-corrected chi connectivity index (χ3v) is 3.29. The van der Waals surface area contributed by atoms with Gasteiger partial charge in [-0.15, -0.1) is 0 Å². The van der Waals surface area contributed by atoms with Crippen LogP contribution in [0.25, 0.3) is 11.0 Å². The van der Waals surface area contributed by atoms with E-state index in [1.807, 2.05) is 0 Å². The van der Waals surface area contributed by atoms with Crippen LogP contribution in [0.15, 0.2) is 24.3 Å². The Morgan fingerprint density at radius 3 is 2.24 bits per heavy atom. The quantitative estimate of drug-likeness (QED) is 0.327. The molecule has 8 nitrogen and oxygen atoms in total. The number of para-hydroxylation sites is 2. The van der Waals surface area contributed by atoms with Gasteiger partial charge in [-0.3, -0.25) is 0 Å². The fourth-order valence-corrected chi connectivity index (χ4v) is 2.00. The van der Waals surface area contributed by atoms with Crippen molar-refractivity contribution in [1.82, 2.24) is 9.97 Å². The van der Waals surface area contributed by atoms with Gasteiger partial charge in [0.2, 0.25) is 0 Å². The summed E-state index contributed by atoms with van der Waals surface area (Å²) in [7, 11) is 0. The Morgan fingerprint density at radius 2 is 1.62 bits per heavy atom. The van der Waals surface area contributed by atoms with Crippen LogP contribution in [0.1, 0.15) is 11.9 Å². The fraction of sp³-hybridized carbons (Fsp3) is 0.462. The van der Waals surface area contributed by atoms with Crippen LogP contribution in [-0.4, -0.2) is 71.6 Å². The minimum absolute atomic E-state index is 0.0217. The van der Waals surface area contributed by atoms with Crippen molar-refractivity contribution in [3.05, 3.63) is 30.1 Å². The number of benzene rings is 1. The second-order valence-electron chi connectivity index (χ2n) is 4.81. The minimum Gasteiger partial charge on any atom is -0.394 e. The van der Waals surface area contributed by atoms with Gasteiger partial charge >= 0.3 is 0 Å². The summed E-state index contributed by atoms with van der Waals surface area (Å²) >= 11 is 0. The molecule has 0 spiro atoms. The molecule has 8 heteroatoms. The first kappa shape index (κ1) is 15.8. The molecule has 21 heavy (non-hydrogen) atoms. The zero-order chi connectivity index (χ0) is 15.6. The third kappa shape index (κ3) is 3.21. The summed E-state index contributed by atoms with van der Waals surface area (Å²) in [4.78, 5) is 6.86. The van der Waals surface area contributed by atoms with Crippen LogP contribution in [0.5, 0.6) is 0 Å². The lowest BCUT2D eigenvalue weighted by Crippen LogP contribution is -2.47. The van der Waals surface area contributed by atoms with E-state index >= 15 is 0 Å². The smallest absolute Gasteiger partial charge is 0.140 e. The Bertz CT molecular complexity index is 556. The lowest BCUT2D eigenvalue weighted by atomic mass is 9.99. The van der Waals surface area contributed by atoms with E-state index in [0.717, 1.165) is 0 Å². The number of nitrogens with zero attached hydrogens (tertiary/aromatic N) is 1. The topological polar surface area (TPSA) is 150 Å². The molecule has 1 aromatic heterocycles. The number of hydrogen-bond donors (Lipinski definition) is 7. The lowest BCUT2D eigenvalue weighted by Gasteiger charge is -2.27. The molecule has 2 aromatic rings. The zero-order valence-corrected chi connectivity index (χ0v) is 11.0. The van der Waals surface area contributed by atoms with Crippen LogP contribution in [0.4, 0.5) is 0 Å². The number of imidazole rings is 1. The van der Waals surface area contributed by atoms with Crippen LogP contribution in [0.3, 0.4) is 0 Å². The van der Waals surface area contributed by atoms with Crippen molar-refractivity contribution >= 4 is 11.0 Å². The Morgan fingerprint density at radius 1 is 0.952 bits per heavy atom. The highest BCUT2D eigenvalue weighted by Gasteiger charge is 2.35. The fourth-order valence-electron chi connectivity index (χ4n) is 2.00. The number of fused-ring (bicyclic) bond motifs is 1. The summed E-state index contributed by atoms with van der Waals surface area (Å²) in [6.07, 6.45) is -8.66. The molecule has 0 aliphatic carbocycles. The second-order valence-corrected chi connectivity index (χ2v) is 4.81. The van der Waals surface area contributed by atoms with E-state index in [1.54, 1.807) is 24.3 Å². The molecule has 0 aliphatic rings. The van der Waals surface area contributed by atoms with Gasteiger partial charge in [0.25, 0.3) is 0 Å². The van der Waals surface area contributed by atoms with Gasteiger partial charge in [-0.1, -0.05) is 12.1 Å². The van der Waals surface area contributed by atoms with Gasteiger partial charge in [0, 0.05) is 0 Å². The van der Waals surface area contributed by atoms with Crippen molar-refractivity contribution in [2.24, 2.45) is 0 Å². The van der Waals surface area contributed by atoms with Crippen LogP contribution in [0.2, 0.25) is 0 Å². The first-order chi connectivity index (χ1) is 9.95. The van der Waals surface area contributed by atoms with Crippen molar-refractivity contribution in [2.75, 3.05) is 6.61 Å². The number of aromatic amines is 1. The van der Waals surface area contributed by atoms with Crippen LogP contribution in [0, 0.1) is 0 Å². The second kappa shape index (κ2) is 6.48. The Hall–Kier alpha value is -1.55. The van der Waals surface area contributed by atoms with Gasteiger partial charge in [0.1, 0.15) is 36.3 Å². The predicted octanol–water partition coefficient (Wildman–Crippen LogP) is -1.97. The molecule has 0 saturated carbocycles. The molecule has 1 aromatic carbocycles. The monoisotopic (exact) mass is 298 g/mol. The first-order valence-corrected chi connectivity index (χ1v) is 6.41. The van der Waals surface area contributed by atoms with E-state index in [4.69, 9.17) is 5.11 Å². The van der Waals surface area contributed by atoms with Crippen molar-refractivity contribution < 1.29 is 30.6 Å². The summed E-state index contributed by atoms with van der Waals surface area (Å²) in [5, 5.41) is 57.1. The molecule has 0 amide bonds. The molecule has 0 unspecified atom stereocenters. The number of nitrogens with one attached hydrogen (secondary N) is 1. The summed E-state index contributed by atoms with van der Waals surface area (Å²) in [6, 6.07) is 6.95. The number of rotatable bonds is 6. The van der Waals surface area contributed by atoms with Crippen molar-refractivity contribution in [3.63, 3.8) is 0 Å². The van der Waals surface area contributed by atoms with Crippen molar-refractivity contribution in [2.45, 2.75) is 30.5 Å². The van der Waals surface area contributed by atoms with E-state index in [0.29, 0.717) is 11.0 Å². The van der Waals surface area contributed by atoms with E-state index in [2.05, 4.69) is 9.97 Å². The molecule has 0 radical (unpaired) electrons. The molecular formula is C13H18N2O6. The third-order valence-electron chi connectivity index (χ3n) is 3.29. The zero-order valence-electron chi connectivity index (χ0n) is 11.0. The summed E-state index contributed by atoms with van der Waals surface area (Å²) in [5.41, 5.74) is 1.22. The van der Waals surface area contributed by atoms with E-state index in [-0.39, 0.29) is 5.82 Å². The highest BCUT2D eigenvalue weighted by atomic mass is 16.4. The Balaban J connectivity index is 2.16. The molecule has 0 saturated heterocycles. The average Bonchev–Trinajstić information content (AvgIpc) is 2.95. The Labute approximate surface area is 119 Å². The molecule has 0 aliphatic heterocycles. The van der Waals surface area contributed by atoms with Gasteiger partial charge in [0.15, 0.2) is 0 Å². The van der Waals surface area contributed by atoms with Gasteiger partial charge < -0.3 is 35.6 Å². The number of aliphatic hydroxyl groups excluding tert-OH is 6. The first-order valence-electron chi connectivity index (χ1n) is 6.41. The molecule has 0 bridgehead atoms. The van der Waals surface area contributed by atoms with Gasteiger partial charge in [0.05, 0.1) is 17.6 Å². The molecule has 5 atom stereocenters. The summed E-state index contributed by atoms with van der Waals surface area (Å²) in [6.45, 7) is -0.786. The van der Waals surface area contributed by atoms with Gasteiger partial charge in [-0.05, 0) is 12.1 Å². The molecule has 1 heterocycles. The molecule has 116 valence electrons. The maximum Gasteiger partial charge on any atom is 0.140 e. The SMILES string of the molecule is OC[C@H](O)[C@H](O)[C@H](O)[C@@H](O)[C@@H](O)c1nc2ccccc2[nH]1. The summed E-state index contributed by atoms with van der Waals surface area (Å²) < 4.78 is 0. The predicted molar refractivity (Wildman–Crippen MR) is 72.2 cm³/mol. The largest absolute Gasteiger partial charge is 0.394 e. The van der Waals surface area contributed by atoms with E-state index < -0.39 is 37.1 Å². The standard InChI is InChI=1S/C13H18N2O6/c16-5-8(17)9(18)10(19)11(20)12(21)13-14-6-3-1-2-4-7(6)15-13/h1-4,8-12,16-21H,5H2,(H,14,15)/t8-,9-,10-,11+,12+/m0/s1. The number of aromatic nitrogens is 2. The van der Waals surface area contributed by atoms with Crippen LogP contribution in [-0.2, 0) is 0 Å². The number of H-pyrrole nitrogens is 1. The highest BCUT2D eigenvalue weighted by Crippen LogP contribution is 2.21. The van der Waals surface area contributed by atoms with E-state index in [9.17, 15) is 25.5 Å². The van der Waals surface area contributed by atoms with Gasteiger partial charge in [-0.2, -0.15) is 0 Å². The molecule has 2 rings (SSSR count). The highest BCUT2D eigenvalue weighted by molar-refractivity contribution is 5.74. The van der Waals surface area contributed by atoms with Crippen LogP contribution >= 0.6 is 0 Å². The molecule has 0 fully saturated rings. The van der Waals surface area contributed by atoms with Crippen LogP contribution < -0.4 is 0 Å². The minimum atomic E-state index is -1.85. The maximum absolute atomic E-state index is 10.0. The van der Waals surface area contributed by atoms with E-state index in [1.165, 1.54) is 0 Å². The van der Waals surface area contributed by atoms with Gasteiger partial charge in [-0.25, -0.2) is 4.98 Å². The average molecular weight is 298 g/mol. The number of aliphatic hydroxyl groups is 6. The Kier molecular flexibility index (Phi) is 4.88. The summed E-state index contributed by atoms with van der Waals surface area (Å²) in [5.74, 6) is 0.0217. The lowest BCUT2D eigenvalue weighted by molar-refractivity contribution is -0.142.